The fraction of sp³-hybridized carbons (Fsp3) is 0.250. The number of nitrogens with zero attached hydrogens (tertiary/aromatic N) is 4. The second kappa shape index (κ2) is 5.81. The van der Waals surface area contributed by atoms with Gasteiger partial charge in [-0.1, -0.05) is 6.07 Å². The van der Waals surface area contributed by atoms with Crippen molar-refractivity contribution in [3.63, 3.8) is 0 Å². The molecule has 1 aliphatic rings. The summed E-state index contributed by atoms with van der Waals surface area (Å²) in [6.45, 7) is 0. The molecule has 0 aliphatic heterocycles. The first-order valence-corrected chi connectivity index (χ1v) is 8.19. The number of fused-ring (bicyclic) bond motifs is 3. The molecule has 110 valence electrons. The summed E-state index contributed by atoms with van der Waals surface area (Å²) in [6, 6.07) is 5.73. The van der Waals surface area contributed by atoms with E-state index in [1.54, 1.807) is 30.1 Å². The Hall–Kier alpha value is -2.34. The lowest BCUT2D eigenvalue weighted by molar-refractivity contribution is 0.700. The number of hydrogen-bond donors (Lipinski definition) is 1. The van der Waals surface area contributed by atoms with Crippen molar-refractivity contribution in [2.45, 2.75) is 25.7 Å². The van der Waals surface area contributed by atoms with Gasteiger partial charge in [0.25, 0.3) is 0 Å². The monoisotopic (exact) mass is 309 g/mol. The predicted octanol–water partition coefficient (Wildman–Crippen LogP) is 3.41. The van der Waals surface area contributed by atoms with Gasteiger partial charge in [-0.2, -0.15) is 5.10 Å². The number of hydrazone groups is 1. The topological polar surface area (TPSA) is 63.1 Å². The van der Waals surface area contributed by atoms with Crippen LogP contribution in [-0.4, -0.2) is 21.2 Å². The van der Waals surface area contributed by atoms with E-state index in [0.717, 1.165) is 34.6 Å². The SMILES string of the molecule is C(=N/Nc1ncnc2sc3c(c12)CCCC3)/c1ccccn1. The van der Waals surface area contributed by atoms with Crippen molar-refractivity contribution in [3.8, 4) is 0 Å². The van der Waals surface area contributed by atoms with Crippen LogP contribution in [0.25, 0.3) is 10.2 Å². The van der Waals surface area contributed by atoms with Gasteiger partial charge in [0, 0.05) is 11.1 Å². The van der Waals surface area contributed by atoms with E-state index in [1.165, 1.54) is 23.3 Å². The summed E-state index contributed by atoms with van der Waals surface area (Å²) < 4.78 is 0. The maximum Gasteiger partial charge on any atom is 0.158 e. The fourth-order valence-electron chi connectivity index (χ4n) is 2.79. The molecule has 0 atom stereocenters. The minimum Gasteiger partial charge on any atom is -0.261 e. The Morgan fingerprint density at radius 2 is 2.09 bits per heavy atom. The molecule has 0 bridgehead atoms. The number of hydrogen-bond acceptors (Lipinski definition) is 6. The molecule has 3 aromatic heterocycles. The van der Waals surface area contributed by atoms with Crippen LogP contribution in [-0.2, 0) is 12.8 Å². The fourth-order valence-corrected chi connectivity index (χ4v) is 4.02. The second-order valence-electron chi connectivity index (χ2n) is 5.24. The van der Waals surface area contributed by atoms with Gasteiger partial charge in [0.05, 0.1) is 17.3 Å². The molecule has 0 saturated heterocycles. The lowest BCUT2D eigenvalue weighted by Gasteiger charge is -2.11. The van der Waals surface area contributed by atoms with Gasteiger partial charge in [-0.25, -0.2) is 9.97 Å². The first-order valence-electron chi connectivity index (χ1n) is 7.37. The summed E-state index contributed by atoms with van der Waals surface area (Å²) in [6.07, 6.45) is 9.84. The van der Waals surface area contributed by atoms with E-state index in [-0.39, 0.29) is 0 Å². The number of rotatable bonds is 3. The molecule has 6 heteroatoms. The van der Waals surface area contributed by atoms with Crippen LogP contribution in [0.3, 0.4) is 0 Å². The van der Waals surface area contributed by atoms with Crippen LogP contribution in [0.1, 0.15) is 29.0 Å². The molecule has 0 saturated carbocycles. The first kappa shape index (κ1) is 13.3. The molecule has 0 fully saturated rings. The summed E-state index contributed by atoms with van der Waals surface area (Å²) in [5, 5.41) is 5.41. The van der Waals surface area contributed by atoms with Gasteiger partial charge in [0.1, 0.15) is 11.2 Å². The Morgan fingerprint density at radius 1 is 1.14 bits per heavy atom. The molecule has 1 N–H and O–H groups in total. The van der Waals surface area contributed by atoms with E-state index < -0.39 is 0 Å². The molecule has 3 heterocycles. The first-order chi connectivity index (χ1) is 10.9. The van der Waals surface area contributed by atoms with Crippen LogP contribution in [0.4, 0.5) is 5.82 Å². The van der Waals surface area contributed by atoms with Crippen LogP contribution >= 0.6 is 11.3 Å². The molecule has 0 radical (unpaired) electrons. The molecule has 4 rings (SSSR count). The average Bonchev–Trinajstić information content (AvgIpc) is 2.95. The molecule has 1 aliphatic carbocycles. The van der Waals surface area contributed by atoms with Crippen molar-refractivity contribution in [2.75, 3.05) is 5.43 Å². The molecule has 0 spiro atoms. The van der Waals surface area contributed by atoms with Gasteiger partial charge in [-0.15, -0.1) is 11.3 Å². The smallest absolute Gasteiger partial charge is 0.158 e. The van der Waals surface area contributed by atoms with Crippen LogP contribution in [0.2, 0.25) is 0 Å². The van der Waals surface area contributed by atoms with Gasteiger partial charge in [0.2, 0.25) is 0 Å². The largest absolute Gasteiger partial charge is 0.261 e. The quantitative estimate of drug-likeness (QED) is 0.595. The highest BCUT2D eigenvalue weighted by Crippen LogP contribution is 2.37. The third kappa shape index (κ3) is 2.46. The lowest BCUT2D eigenvalue weighted by atomic mass is 9.97. The molecule has 0 aromatic carbocycles. The number of anilines is 1. The van der Waals surface area contributed by atoms with Crippen molar-refractivity contribution in [1.29, 1.82) is 0 Å². The Balaban J connectivity index is 1.67. The minimum atomic E-state index is 0.789. The number of aromatic nitrogens is 3. The summed E-state index contributed by atoms with van der Waals surface area (Å²) >= 11 is 1.79. The second-order valence-corrected chi connectivity index (χ2v) is 6.32. The number of thiophene rings is 1. The van der Waals surface area contributed by atoms with Crippen LogP contribution in [0.15, 0.2) is 35.8 Å². The molecule has 3 aromatic rings. The molecule has 5 nitrogen and oxygen atoms in total. The maximum absolute atomic E-state index is 4.42. The Bertz CT molecular complexity index is 825. The molecule has 0 unspecified atom stereocenters. The van der Waals surface area contributed by atoms with Crippen molar-refractivity contribution < 1.29 is 0 Å². The molecular weight excluding hydrogens is 294 g/mol. The van der Waals surface area contributed by atoms with Gasteiger partial charge in [0.15, 0.2) is 5.82 Å². The summed E-state index contributed by atoms with van der Waals surface area (Å²) in [7, 11) is 0. The van der Waals surface area contributed by atoms with E-state index in [9.17, 15) is 0 Å². The van der Waals surface area contributed by atoms with E-state index in [4.69, 9.17) is 0 Å². The van der Waals surface area contributed by atoms with Crippen LogP contribution in [0.5, 0.6) is 0 Å². The van der Waals surface area contributed by atoms with Crippen LogP contribution in [0, 0.1) is 0 Å². The van der Waals surface area contributed by atoms with Gasteiger partial charge in [-0.05, 0) is 43.4 Å². The van der Waals surface area contributed by atoms with Crippen molar-refractivity contribution in [2.24, 2.45) is 5.10 Å². The lowest BCUT2D eigenvalue weighted by Crippen LogP contribution is -2.01. The van der Waals surface area contributed by atoms with E-state index >= 15 is 0 Å². The Kier molecular flexibility index (Phi) is 3.52. The third-order valence-electron chi connectivity index (χ3n) is 3.81. The Morgan fingerprint density at radius 3 is 3.00 bits per heavy atom. The van der Waals surface area contributed by atoms with Gasteiger partial charge >= 0.3 is 0 Å². The molecular formula is C16H15N5S. The summed E-state index contributed by atoms with van der Waals surface area (Å²) in [5.74, 6) is 0.789. The molecule has 22 heavy (non-hydrogen) atoms. The average molecular weight is 309 g/mol. The third-order valence-corrected chi connectivity index (χ3v) is 5.01. The van der Waals surface area contributed by atoms with Crippen LogP contribution < -0.4 is 5.43 Å². The van der Waals surface area contributed by atoms with Crippen molar-refractivity contribution in [3.05, 3.63) is 46.9 Å². The maximum atomic E-state index is 4.42. The summed E-state index contributed by atoms with van der Waals surface area (Å²) in [4.78, 5) is 15.5. The van der Waals surface area contributed by atoms with Crippen molar-refractivity contribution in [1.82, 2.24) is 15.0 Å². The van der Waals surface area contributed by atoms with E-state index in [0.29, 0.717) is 0 Å². The summed E-state index contributed by atoms with van der Waals surface area (Å²) in [5.41, 5.74) is 5.27. The normalized spacial score (nSPS) is 14.4. The van der Waals surface area contributed by atoms with Gasteiger partial charge in [-0.3, -0.25) is 10.4 Å². The minimum absolute atomic E-state index is 0.789. The standard InChI is InChI=1S/C16H15N5S/c1-2-7-13-12(6-1)14-15(18-10-19-16(14)22-13)21-20-9-11-5-3-4-8-17-11/h3-5,8-10H,1-2,6-7H2,(H,18,19,21)/b20-9-. The zero-order valence-electron chi connectivity index (χ0n) is 12.0. The zero-order valence-corrected chi connectivity index (χ0v) is 12.8. The highest BCUT2D eigenvalue weighted by atomic mass is 32.1. The number of aryl methyl sites for hydroxylation is 2. The van der Waals surface area contributed by atoms with E-state index in [2.05, 4.69) is 25.5 Å². The predicted molar refractivity (Wildman–Crippen MR) is 89.5 cm³/mol. The van der Waals surface area contributed by atoms with Crippen molar-refractivity contribution >= 4 is 33.6 Å². The number of pyridine rings is 1. The highest BCUT2D eigenvalue weighted by molar-refractivity contribution is 7.19. The number of nitrogens with one attached hydrogen (secondary N) is 1. The zero-order chi connectivity index (χ0) is 14.8. The van der Waals surface area contributed by atoms with Gasteiger partial charge < -0.3 is 0 Å². The highest BCUT2D eigenvalue weighted by Gasteiger charge is 2.19. The van der Waals surface area contributed by atoms with E-state index in [1.807, 2.05) is 18.2 Å². The molecule has 0 amide bonds. The Labute approximate surface area is 132 Å².